The van der Waals surface area contributed by atoms with Gasteiger partial charge in [-0.15, -0.1) is 11.3 Å². The Morgan fingerprint density at radius 3 is 2.60 bits per heavy atom. The number of halogens is 2. The number of phenolic OH excluding ortho intramolecular Hbond substituents is 1. The number of nitrogens with one attached hydrogen (secondary N) is 2. The summed E-state index contributed by atoms with van der Waals surface area (Å²) in [5.74, 6) is -1.02. The van der Waals surface area contributed by atoms with Gasteiger partial charge in [0, 0.05) is 12.4 Å². The van der Waals surface area contributed by atoms with Crippen LogP contribution in [0.4, 0.5) is 9.80 Å². The molecule has 0 aliphatic carbocycles. The number of phenols is 1. The molecule has 1 aromatic heterocycles. The van der Waals surface area contributed by atoms with Gasteiger partial charge in [-0.25, -0.2) is 4.79 Å². The monoisotopic (exact) mass is 333 g/mol. The molecule has 0 fully saturated rings. The van der Waals surface area contributed by atoms with Crippen LogP contribution in [0.25, 0.3) is 10.1 Å². The van der Waals surface area contributed by atoms with Crippen LogP contribution in [-0.2, 0) is 0 Å². The molecule has 2 aromatic rings. The molecule has 5 N–H and O–H groups in total. The third-order valence-electron chi connectivity index (χ3n) is 2.55. The minimum Gasteiger partial charge on any atom is -0.505 e. The summed E-state index contributed by atoms with van der Waals surface area (Å²) in [6, 6.07) is 0.870. The van der Waals surface area contributed by atoms with E-state index in [1.54, 1.807) is 0 Å². The third kappa shape index (κ3) is 2.35. The molecule has 0 saturated heterocycles. The predicted octanol–water partition coefficient (Wildman–Crippen LogP) is 2.76. The van der Waals surface area contributed by atoms with Gasteiger partial charge in [-0.05, 0) is 6.07 Å². The average molecular weight is 334 g/mol. The highest BCUT2D eigenvalue weighted by Crippen LogP contribution is 2.46. The molecule has 6 nitrogen and oxygen atoms in total. The van der Waals surface area contributed by atoms with E-state index in [-0.39, 0.29) is 26.4 Å². The van der Waals surface area contributed by atoms with E-state index in [2.05, 4.69) is 10.6 Å². The zero-order valence-corrected chi connectivity index (χ0v) is 12.4. The summed E-state index contributed by atoms with van der Waals surface area (Å²) in [6.45, 7) is 0. The van der Waals surface area contributed by atoms with Crippen LogP contribution >= 0.6 is 34.5 Å². The number of amides is 3. The topological polar surface area (TPSA) is 104 Å². The van der Waals surface area contributed by atoms with Gasteiger partial charge >= 0.3 is 6.03 Å². The van der Waals surface area contributed by atoms with Crippen molar-refractivity contribution in [1.82, 2.24) is 5.32 Å². The molecule has 0 aliphatic heterocycles. The molecule has 1 heterocycles. The number of carbonyl (C=O) groups is 2. The fourth-order valence-electron chi connectivity index (χ4n) is 1.65. The first-order valence-electron chi connectivity index (χ1n) is 5.28. The minimum absolute atomic E-state index is 0.00459. The summed E-state index contributed by atoms with van der Waals surface area (Å²) in [7, 11) is 1.43. The Morgan fingerprint density at radius 1 is 1.40 bits per heavy atom. The lowest BCUT2D eigenvalue weighted by Gasteiger charge is -2.03. The Kier molecular flexibility index (Phi) is 3.94. The van der Waals surface area contributed by atoms with Crippen molar-refractivity contribution in [2.75, 3.05) is 12.4 Å². The average Bonchev–Trinajstić information content (AvgIpc) is 2.74. The number of rotatable bonds is 2. The summed E-state index contributed by atoms with van der Waals surface area (Å²) in [6.07, 6.45) is 0. The van der Waals surface area contributed by atoms with Gasteiger partial charge in [0.1, 0.15) is 10.0 Å². The quantitative estimate of drug-likeness (QED) is 0.679. The summed E-state index contributed by atoms with van der Waals surface area (Å²) in [5.41, 5.74) is 5.42. The fourth-order valence-corrected chi connectivity index (χ4v) is 3.34. The molecule has 0 aliphatic rings. The van der Waals surface area contributed by atoms with E-state index >= 15 is 0 Å². The van der Waals surface area contributed by atoms with Gasteiger partial charge in [-0.3, -0.25) is 10.1 Å². The second kappa shape index (κ2) is 5.35. The lowest BCUT2D eigenvalue weighted by molar-refractivity contribution is 0.100. The van der Waals surface area contributed by atoms with Gasteiger partial charge in [-0.1, -0.05) is 23.2 Å². The highest BCUT2D eigenvalue weighted by Gasteiger charge is 2.22. The van der Waals surface area contributed by atoms with Crippen LogP contribution in [0.3, 0.4) is 0 Å². The largest absolute Gasteiger partial charge is 0.505 e. The maximum atomic E-state index is 11.6. The second-order valence-electron chi connectivity index (χ2n) is 3.77. The molecule has 0 radical (unpaired) electrons. The number of urea groups is 1. The molecule has 0 saturated carbocycles. The van der Waals surface area contributed by atoms with Crippen LogP contribution in [0.2, 0.25) is 10.0 Å². The van der Waals surface area contributed by atoms with E-state index in [1.807, 2.05) is 0 Å². The zero-order valence-electron chi connectivity index (χ0n) is 10.1. The highest BCUT2D eigenvalue weighted by atomic mass is 35.5. The fraction of sp³-hybridized carbons (Fsp3) is 0.0909. The highest BCUT2D eigenvalue weighted by molar-refractivity contribution is 7.24. The Labute approximate surface area is 127 Å². The molecule has 2 rings (SSSR count). The van der Waals surface area contributed by atoms with Gasteiger partial charge in [0.05, 0.1) is 15.3 Å². The molecule has 0 unspecified atom stereocenters. The Balaban J connectivity index is 2.76. The van der Waals surface area contributed by atoms with Crippen LogP contribution in [0.5, 0.6) is 5.75 Å². The van der Waals surface area contributed by atoms with E-state index in [0.29, 0.717) is 10.1 Å². The number of nitrogens with two attached hydrogens (primary N) is 1. The predicted molar refractivity (Wildman–Crippen MR) is 80.1 cm³/mol. The number of aromatic hydroxyl groups is 1. The lowest BCUT2D eigenvalue weighted by atomic mass is 10.1. The molecule has 0 spiro atoms. The Morgan fingerprint density at radius 2 is 2.05 bits per heavy atom. The molecule has 0 bridgehead atoms. The number of hydrogen-bond donors (Lipinski definition) is 4. The standard InChI is InChI=1S/C11H9Cl2N3O3S/c1-15-11(19)16-10-5(9(14)18)3-2-4(12)7(17)6(13)8(3)20-10/h2,17H,1H3,(H2,14,18)(H2,15,16,19). The van der Waals surface area contributed by atoms with E-state index in [0.717, 1.165) is 11.3 Å². The normalized spacial score (nSPS) is 10.6. The first-order valence-corrected chi connectivity index (χ1v) is 6.86. The molecule has 9 heteroatoms. The maximum Gasteiger partial charge on any atom is 0.319 e. The molecule has 3 amide bonds. The van der Waals surface area contributed by atoms with E-state index < -0.39 is 11.9 Å². The SMILES string of the molecule is CNC(=O)Nc1sc2c(Cl)c(O)c(Cl)cc2c1C(N)=O. The van der Waals surface area contributed by atoms with Crippen molar-refractivity contribution >= 4 is 61.6 Å². The first-order chi connectivity index (χ1) is 9.36. The number of hydrogen-bond acceptors (Lipinski definition) is 4. The summed E-state index contributed by atoms with van der Waals surface area (Å²) < 4.78 is 0.411. The Bertz CT molecular complexity index is 730. The summed E-state index contributed by atoms with van der Waals surface area (Å²) in [4.78, 5) is 23.0. The second-order valence-corrected chi connectivity index (χ2v) is 5.58. The third-order valence-corrected chi connectivity index (χ3v) is 4.46. The van der Waals surface area contributed by atoms with Crippen molar-refractivity contribution in [3.05, 3.63) is 21.7 Å². The van der Waals surface area contributed by atoms with Crippen LogP contribution in [0.1, 0.15) is 10.4 Å². The number of benzene rings is 1. The molecule has 1 aromatic carbocycles. The minimum atomic E-state index is -0.736. The smallest absolute Gasteiger partial charge is 0.319 e. The molecule has 106 valence electrons. The van der Waals surface area contributed by atoms with Crippen LogP contribution in [0.15, 0.2) is 6.07 Å². The van der Waals surface area contributed by atoms with Crippen LogP contribution in [-0.4, -0.2) is 24.1 Å². The van der Waals surface area contributed by atoms with Crippen LogP contribution in [0, 0.1) is 0 Å². The Hall–Kier alpha value is -1.70. The molecular weight excluding hydrogens is 325 g/mol. The van der Waals surface area contributed by atoms with E-state index in [4.69, 9.17) is 28.9 Å². The molecular formula is C11H9Cl2N3O3S. The van der Waals surface area contributed by atoms with Gasteiger partial charge in [0.2, 0.25) is 0 Å². The number of anilines is 1. The lowest BCUT2D eigenvalue weighted by Crippen LogP contribution is -2.25. The summed E-state index contributed by atoms with van der Waals surface area (Å²) in [5, 5.41) is 15.1. The van der Waals surface area contributed by atoms with Gasteiger partial charge < -0.3 is 16.2 Å². The van der Waals surface area contributed by atoms with Gasteiger partial charge in [0.15, 0.2) is 5.75 Å². The number of carbonyl (C=O) groups excluding carboxylic acids is 2. The van der Waals surface area contributed by atoms with Gasteiger partial charge in [0.25, 0.3) is 5.91 Å². The van der Waals surface area contributed by atoms with Crippen molar-refractivity contribution < 1.29 is 14.7 Å². The van der Waals surface area contributed by atoms with Crippen molar-refractivity contribution in [2.45, 2.75) is 0 Å². The van der Waals surface area contributed by atoms with Gasteiger partial charge in [-0.2, -0.15) is 0 Å². The number of primary amides is 1. The van der Waals surface area contributed by atoms with Crippen molar-refractivity contribution in [3.63, 3.8) is 0 Å². The zero-order chi connectivity index (χ0) is 15.0. The van der Waals surface area contributed by atoms with Crippen molar-refractivity contribution in [1.29, 1.82) is 0 Å². The van der Waals surface area contributed by atoms with E-state index in [1.165, 1.54) is 13.1 Å². The number of fused-ring (bicyclic) bond motifs is 1. The van der Waals surface area contributed by atoms with Crippen molar-refractivity contribution in [2.24, 2.45) is 5.73 Å². The number of thiophene rings is 1. The first kappa shape index (κ1) is 14.7. The molecule has 20 heavy (non-hydrogen) atoms. The van der Waals surface area contributed by atoms with Crippen molar-refractivity contribution in [3.8, 4) is 5.75 Å². The van der Waals surface area contributed by atoms with E-state index in [9.17, 15) is 14.7 Å². The van der Waals surface area contributed by atoms with Crippen LogP contribution < -0.4 is 16.4 Å². The maximum absolute atomic E-state index is 11.6. The molecule has 0 atom stereocenters. The summed E-state index contributed by atoms with van der Waals surface area (Å²) >= 11 is 12.8.